The predicted octanol–water partition coefficient (Wildman–Crippen LogP) is -2.10. The molecule has 0 aromatic rings. The Kier molecular flexibility index (Phi) is 7.24. The molecule has 0 aromatic heterocycles. The van der Waals surface area contributed by atoms with Gasteiger partial charge in [-0.05, 0) is 0 Å². The average Bonchev–Trinajstić information content (AvgIpc) is 1.83. The summed E-state index contributed by atoms with van der Waals surface area (Å²) in [6, 6.07) is -1.16. The summed E-state index contributed by atoms with van der Waals surface area (Å²) in [6.45, 7) is 0. The Bertz CT molecular complexity index is 200. The number of hydrogen-bond acceptors (Lipinski definition) is 4. The summed E-state index contributed by atoms with van der Waals surface area (Å²) in [5.74, 6) is -1.92. The van der Waals surface area contributed by atoms with Gasteiger partial charge >= 0.3 is 12.1 Å². The van der Waals surface area contributed by atoms with E-state index in [-0.39, 0.29) is 6.42 Å². The highest BCUT2D eigenvalue weighted by atomic mass is 16.4. The lowest BCUT2D eigenvalue weighted by Gasteiger charge is -1.99. The monoisotopic (exact) mass is 193 g/mol. The van der Waals surface area contributed by atoms with E-state index in [9.17, 15) is 9.59 Å². The van der Waals surface area contributed by atoms with Crippen LogP contribution in [0, 0.1) is 0 Å². The number of aliphatic carboxylic acids is 1. The molecule has 2 amide bonds. The lowest BCUT2D eigenvalue weighted by atomic mass is 10.2. The fraction of sp³-hybridized carbons (Fsp3) is 0.400. The Labute approximate surface area is 73.3 Å². The molecule has 8 N–H and O–H groups in total. The van der Waals surface area contributed by atoms with E-state index in [0.29, 0.717) is 0 Å². The molecular weight excluding hydrogens is 182 g/mol. The van der Waals surface area contributed by atoms with Crippen molar-refractivity contribution in [2.75, 3.05) is 0 Å². The minimum absolute atomic E-state index is 0.310. The second-order valence-electron chi connectivity index (χ2n) is 1.95. The molecule has 0 saturated heterocycles. The van der Waals surface area contributed by atoms with Crippen LogP contribution in [0.3, 0.4) is 0 Å². The van der Waals surface area contributed by atoms with Gasteiger partial charge in [-0.25, -0.2) is 4.79 Å². The second-order valence-corrected chi connectivity index (χ2v) is 1.95. The van der Waals surface area contributed by atoms with E-state index in [4.69, 9.17) is 20.7 Å². The minimum Gasteiger partial charge on any atom is -0.480 e. The Morgan fingerprint density at radius 1 is 1.15 bits per heavy atom. The number of carboxylic acids is 1. The molecule has 0 radical (unpaired) electrons. The van der Waals surface area contributed by atoms with Gasteiger partial charge in [-0.1, -0.05) is 0 Å². The highest BCUT2D eigenvalue weighted by Gasteiger charge is 2.13. The summed E-state index contributed by atoms with van der Waals surface area (Å²) < 4.78 is 0. The van der Waals surface area contributed by atoms with Gasteiger partial charge in [-0.15, -0.1) is 0 Å². The van der Waals surface area contributed by atoms with E-state index in [1.54, 1.807) is 0 Å². The maximum absolute atomic E-state index is 9.99. The minimum atomic E-state index is -1.33. The van der Waals surface area contributed by atoms with E-state index in [2.05, 4.69) is 11.5 Å². The Morgan fingerprint density at radius 3 is 1.54 bits per heavy atom. The summed E-state index contributed by atoms with van der Waals surface area (Å²) >= 11 is 0. The molecule has 8 nitrogen and oxygen atoms in total. The van der Waals surface area contributed by atoms with Gasteiger partial charge in [-0.3, -0.25) is 9.59 Å². The number of hydrogen-bond donors (Lipinski definition) is 5. The lowest BCUT2D eigenvalue weighted by molar-refractivity contribution is -0.140. The summed E-state index contributed by atoms with van der Waals surface area (Å²) in [5, 5.41) is 15.3. The molecule has 0 bridgehead atoms. The van der Waals surface area contributed by atoms with Gasteiger partial charge in [0.25, 0.3) is 0 Å². The van der Waals surface area contributed by atoms with Crippen LogP contribution in [-0.2, 0) is 9.59 Å². The van der Waals surface area contributed by atoms with Crippen molar-refractivity contribution in [3.8, 4) is 0 Å². The van der Waals surface area contributed by atoms with Crippen molar-refractivity contribution >= 4 is 18.0 Å². The normalized spacial score (nSPS) is 10.5. The maximum atomic E-state index is 9.99. The van der Waals surface area contributed by atoms with Crippen LogP contribution < -0.4 is 17.2 Å². The molecule has 0 unspecified atom stereocenters. The van der Waals surface area contributed by atoms with Gasteiger partial charge in [0.15, 0.2) is 0 Å². The predicted molar refractivity (Wildman–Crippen MR) is 41.6 cm³/mol. The van der Waals surface area contributed by atoms with Crippen LogP contribution in [0.25, 0.3) is 0 Å². The van der Waals surface area contributed by atoms with Gasteiger partial charge in [0.2, 0.25) is 5.91 Å². The molecule has 0 aliphatic carbocycles. The van der Waals surface area contributed by atoms with Gasteiger partial charge < -0.3 is 27.4 Å². The molecule has 0 saturated carbocycles. The van der Waals surface area contributed by atoms with Gasteiger partial charge in [0.1, 0.15) is 6.04 Å². The highest BCUT2D eigenvalue weighted by Crippen LogP contribution is 1.84. The van der Waals surface area contributed by atoms with Gasteiger partial charge in [0, 0.05) is 0 Å². The van der Waals surface area contributed by atoms with Crippen LogP contribution in [0.5, 0.6) is 0 Å². The number of primary amides is 2. The fourth-order valence-corrected chi connectivity index (χ4v) is 0.304. The van der Waals surface area contributed by atoms with E-state index < -0.39 is 24.0 Å². The zero-order valence-corrected chi connectivity index (χ0v) is 6.64. The first-order chi connectivity index (χ1) is 5.77. The van der Waals surface area contributed by atoms with Crippen LogP contribution in [0.4, 0.5) is 4.79 Å². The second kappa shape index (κ2) is 6.85. The molecule has 0 aliphatic rings. The highest BCUT2D eigenvalue weighted by molar-refractivity contribution is 5.83. The van der Waals surface area contributed by atoms with Gasteiger partial charge in [-0.2, -0.15) is 0 Å². The van der Waals surface area contributed by atoms with Gasteiger partial charge in [0.05, 0.1) is 6.42 Å². The molecule has 0 spiro atoms. The summed E-state index contributed by atoms with van der Waals surface area (Å²) in [7, 11) is 0. The molecule has 8 heteroatoms. The molecule has 0 aromatic carbocycles. The number of nitrogens with two attached hydrogens (primary N) is 3. The number of rotatable bonds is 3. The standard InChI is InChI=1S/C4H8N2O3.CH3NO2/c5-2(4(8)9)1-3(6)7;2-1(3)4/h2H,1,5H2,(H2,6,7)(H,8,9);2H2,(H,3,4)/t2-;/m0./s1. The molecule has 0 aliphatic heterocycles. The molecule has 0 rings (SSSR count). The SMILES string of the molecule is NC(=O)C[C@H](N)C(=O)O.NC(=O)O. The molecule has 1 atom stereocenters. The van der Waals surface area contributed by atoms with Crippen molar-refractivity contribution in [1.29, 1.82) is 0 Å². The van der Waals surface area contributed by atoms with Crippen LogP contribution in [0.2, 0.25) is 0 Å². The topological polar surface area (TPSA) is 170 Å². The van der Waals surface area contributed by atoms with Crippen LogP contribution in [-0.4, -0.2) is 34.2 Å². The van der Waals surface area contributed by atoms with Crippen molar-refractivity contribution in [2.24, 2.45) is 17.2 Å². The molecular formula is C5H11N3O5. The first kappa shape index (κ1) is 13.7. The average molecular weight is 193 g/mol. The third-order valence-electron chi connectivity index (χ3n) is 0.738. The van der Waals surface area contributed by atoms with Crippen molar-refractivity contribution in [3.63, 3.8) is 0 Å². The Balaban J connectivity index is 0. The van der Waals surface area contributed by atoms with E-state index in [1.165, 1.54) is 0 Å². The van der Waals surface area contributed by atoms with E-state index >= 15 is 0 Å². The zero-order chi connectivity index (χ0) is 11.0. The smallest absolute Gasteiger partial charge is 0.402 e. The lowest BCUT2D eigenvalue weighted by Crippen LogP contribution is -2.34. The van der Waals surface area contributed by atoms with Crippen molar-refractivity contribution < 1.29 is 24.6 Å². The van der Waals surface area contributed by atoms with Crippen molar-refractivity contribution in [1.82, 2.24) is 0 Å². The van der Waals surface area contributed by atoms with E-state index in [1.807, 2.05) is 0 Å². The molecule has 0 fully saturated rings. The Hall–Kier alpha value is -1.83. The quantitative estimate of drug-likeness (QED) is 0.343. The summed E-state index contributed by atoms with van der Waals surface area (Å²) in [5.41, 5.74) is 13.6. The number of carbonyl (C=O) groups excluding carboxylic acids is 1. The largest absolute Gasteiger partial charge is 0.480 e. The third kappa shape index (κ3) is 17.8. The van der Waals surface area contributed by atoms with E-state index in [0.717, 1.165) is 0 Å². The zero-order valence-electron chi connectivity index (χ0n) is 6.64. The Morgan fingerprint density at radius 2 is 1.46 bits per heavy atom. The van der Waals surface area contributed by atoms with Crippen LogP contribution in [0.15, 0.2) is 0 Å². The number of carboxylic acid groups (broad SMARTS) is 2. The fourth-order valence-electron chi connectivity index (χ4n) is 0.304. The molecule has 13 heavy (non-hydrogen) atoms. The molecule has 0 heterocycles. The van der Waals surface area contributed by atoms with Crippen molar-refractivity contribution in [2.45, 2.75) is 12.5 Å². The third-order valence-corrected chi connectivity index (χ3v) is 0.738. The van der Waals surface area contributed by atoms with Crippen LogP contribution in [0.1, 0.15) is 6.42 Å². The first-order valence-electron chi connectivity index (χ1n) is 3.02. The molecule has 76 valence electrons. The van der Waals surface area contributed by atoms with Crippen molar-refractivity contribution in [3.05, 3.63) is 0 Å². The first-order valence-corrected chi connectivity index (χ1v) is 3.02. The van der Waals surface area contributed by atoms with Crippen LogP contribution >= 0.6 is 0 Å². The summed E-state index contributed by atoms with van der Waals surface area (Å²) in [6.07, 6.45) is -1.64. The number of carbonyl (C=O) groups is 3. The number of amides is 2. The summed E-state index contributed by atoms with van der Waals surface area (Å²) in [4.78, 5) is 28.7. The maximum Gasteiger partial charge on any atom is 0.402 e.